The number of carbonyl (C=O) groups excluding carboxylic acids is 1. The third-order valence-electron chi connectivity index (χ3n) is 3.06. The Morgan fingerprint density at radius 3 is 2.80 bits per heavy atom. The molecule has 0 unspecified atom stereocenters. The number of carbonyl (C=O) groups is 1. The standard InChI is InChI=1S/C15H20N4O/c1-11(2)8-9-16-15(20)14-17-10-19(18-14)13-7-5-4-6-12(13)3/h4-7,10-11H,8-9H2,1-3H3,(H,16,20). The summed E-state index contributed by atoms with van der Waals surface area (Å²) in [5.41, 5.74) is 2.02. The first kappa shape index (κ1) is 14.2. The molecule has 2 rings (SSSR count). The van der Waals surface area contributed by atoms with Gasteiger partial charge in [0, 0.05) is 6.54 Å². The zero-order valence-corrected chi connectivity index (χ0v) is 12.1. The van der Waals surface area contributed by atoms with Crippen LogP contribution >= 0.6 is 0 Å². The molecular weight excluding hydrogens is 252 g/mol. The van der Waals surface area contributed by atoms with E-state index in [9.17, 15) is 4.79 Å². The minimum Gasteiger partial charge on any atom is -0.349 e. The van der Waals surface area contributed by atoms with E-state index >= 15 is 0 Å². The predicted octanol–water partition coefficient (Wildman–Crippen LogP) is 2.35. The summed E-state index contributed by atoms with van der Waals surface area (Å²) < 4.78 is 1.63. The van der Waals surface area contributed by atoms with Gasteiger partial charge in [0.15, 0.2) is 0 Å². The summed E-state index contributed by atoms with van der Waals surface area (Å²) in [6.45, 7) is 6.89. The molecule has 0 bridgehead atoms. The minimum atomic E-state index is -0.224. The van der Waals surface area contributed by atoms with Crippen LogP contribution in [0.2, 0.25) is 0 Å². The number of hydrogen-bond acceptors (Lipinski definition) is 3. The van der Waals surface area contributed by atoms with Crippen LogP contribution in [0.5, 0.6) is 0 Å². The lowest BCUT2D eigenvalue weighted by Crippen LogP contribution is -2.26. The van der Waals surface area contributed by atoms with Crippen molar-refractivity contribution in [2.24, 2.45) is 5.92 Å². The van der Waals surface area contributed by atoms with Crippen molar-refractivity contribution in [3.63, 3.8) is 0 Å². The largest absolute Gasteiger partial charge is 0.349 e. The Bertz CT molecular complexity index is 589. The molecular formula is C15H20N4O. The highest BCUT2D eigenvalue weighted by molar-refractivity contribution is 5.90. The number of hydrogen-bond donors (Lipinski definition) is 1. The van der Waals surface area contributed by atoms with Crippen molar-refractivity contribution >= 4 is 5.91 Å². The van der Waals surface area contributed by atoms with E-state index in [1.165, 1.54) is 0 Å². The number of amides is 1. The van der Waals surface area contributed by atoms with Gasteiger partial charge in [-0.05, 0) is 30.9 Å². The van der Waals surface area contributed by atoms with E-state index in [0.29, 0.717) is 12.5 Å². The second-order valence-corrected chi connectivity index (χ2v) is 5.24. The second kappa shape index (κ2) is 6.32. The molecule has 1 aromatic heterocycles. The van der Waals surface area contributed by atoms with Gasteiger partial charge in [-0.15, -0.1) is 5.10 Å². The highest BCUT2D eigenvalue weighted by atomic mass is 16.2. The van der Waals surface area contributed by atoms with Crippen LogP contribution in [0.25, 0.3) is 5.69 Å². The van der Waals surface area contributed by atoms with Gasteiger partial charge in [0.25, 0.3) is 5.91 Å². The van der Waals surface area contributed by atoms with E-state index in [0.717, 1.165) is 17.7 Å². The zero-order chi connectivity index (χ0) is 14.5. The van der Waals surface area contributed by atoms with Crippen molar-refractivity contribution in [3.8, 4) is 5.69 Å². The van der Waals surface area contributed by atoms with E-state index in [-0.39, 0.29) is 11.7 Å². The number of para-hydroxylation sites is 1. The van der Waals surface area contributed by atoms with Crippen molar-refractivity contribution in [2.75, 3.05) is 6.54 Å². The van der Waals surface area contributed by atoms with Crippen molar-refractivity contribution in [2.45, 2.75) is 27.2 Å². The number of aromatic nitrogens is 3. The molecule has 0 saturated carbocycles. The van der Waals surface area contributed by atoms with Crippen molar-refractivity contribution in [3.05, 3.63) is 42.0 Å². The van der Waals surface area contributed by atoms with Gasteiger partial charge in [-0.3, -0.25) is 4.79 Å². The fourth-order valence-corrected chi connectivity index (χ4v) is 1.86. The number of nitrogens with one attached hydrogen (secondary N) is 1. The van der Waals surface area contributed by atoms with Gasteiger partial charge in [0.05, 0.1) is 5.69 Å². The van der Waals surface area contributed by atoms with E-state index in [1.807, 2.05) is 31.2 Å². The molecule has 0 aliphatic heterocycles. The summed E-state index contributed by atoms with van der Waals surface area (Å²) in [5, 5.41) is 7.06. The summed E-state index contributed by atoms with van der Waals surface area (Å²) in [6.07, 6.45) is 2.52. The van der Waals surface area contributed by atoms with Gasteiger partial charge >= 0.3 is 0 Å². The van der Waals surface area contributed by atoms with Gasteiger partial charge in [0.2, 0.25) is 5.82 Å². The Hall–Kier alpha value is -2.17. The van der Waals surface area contributed by atoms with Crippen LogP contribution in [0.15, 0.2) is 30.6 Å². The zero-order valence-electron chi connectivity index (χ0n) is 12.1. The quantitative estimate of drug-likeness (QED) is 0.909. The summed E-state index contributed by atoms with van der Waals surface area (Å²) >= 11 is 0. The maximum Gasteiger partial charge on any atom is 0.290 e. The molecule has 0 saturated heterocycles. The highest BCUT2D eigenvalue weighted by Crippen LogP contribution is 2.11. The molecule has 20 heavy (non-hydrogen) atoms. The third-order valence-corrected chi connectivity index (χ3v) is 3.06. The van der Waals surface area contributed by atoms with Crippen LogP contribution in [0.1, 0.15) is 36.5 Å². The summed E-state index contributed by atoms with van der Waals surface area (Å²) in [6, 6.07) is 7.85. The average Bonchev–Trinajstić information content (AvgIpc) is 2.88. The Balaban J connectivity index is 2.06. The maximum atomic E-state index is 11.9. The summed E-state index contributed by atoms with van der Waals surface area (Å²) in [5.74, 6) is 0.544. The molecule has 1 amide bonds. The Kier molecular flexibility index (Phi) is 4.50. The molecule has 0 fully saturated rings. The molecule has 106 valence electrons. The van der Waals surface area contributed by atoms with Gasteiger partial charge in [-0.2, -0.15) is 0 Å². The third kappa shape index (κ3) is 3.44. The summed E-state index contributed by atoms with van der Waals surface area (Å²) in [7, 11) is 0. The van der Waals surface area contributed by atoms with Crippen LogP contribution in [0.3, 0.4) is 0 Å². The molecule has 1 N–H and O–H groups in total. The van der Waals surface area contributed by atoms with Crippen molar-refractivity contribution in [1.29, 1.82) is 0 Å². The van der Waals surface area contributed by atoms with Gasteiger partial charge < -0.3 is 5.32 Å². The monoisotopic (exact) mass is 272 g/mol. The Morgan fingerprint density at radius 1 is 1.35 bits per heavy atom. The molecule has 0 spiro atoms. The van der Waals surface area contributed by atoms with Gasteiger partial charge in [-0.25, -0.2) is 9.67 Å². The van der Waals surface area contributed by atoms with Crippen LogP contribution in [-0.2, 0) is 0 Å². The van der Waals surface area contributed by atoms with Crippen molar-refractivity contribution < 1.29 is 4.79 Å². The number of aryl methyl sites for hydroxylation is 1. The van der Waals surface area contributed by atoms with E-state index in [2.05, 4.69) is 29.2 Å². The molecule has 0 atom stereocenters. The van der Waals surface area contributed by atoms with Gasteiger partial charge in [-0.1, -0.05) is 32.0 Å². The number of benzene rings is 1. The topological polar surface area (TPSA) is 59.8 Å². The smallest absolute Gasteiger partial charge is 0.290 e. The fourth-order valence-electron chi connectivity index (χ4n) is 1.86. The maximum absolute atomic E-state index is 11.9. The first-order valence-corrected chi connectivity index (χ1v) is 6.84. The van der Waals surface area contributed by atoms with E-state index in [1.54, 1.807) is 11.0 Å². The number of nitrogens with zero attached hydrogens (tertiary/aromatic N) is 3. The van der Waals surface area contributed by atoms with Crippen LogP contribution in [0.4, 0.5) is 0 Å². The molecule has 1 heterocycles. The lowest BCUT2D eigenvalue weighted by Gasteiger charge is -2.05. The molecule has 0 aliphatic carbocycles. The van der Waals surface area contributed by atoms with Crippen LogP contribution in [-0.4, -0.2) is 27.2 Å². The normalized spacial score (nSPS) is 10.8. The van der Waals surface area contributed by atoms with Crippen molar-refractivity contribution in [1.82, 2.24) is 20.1 Å². The van der Waals surface area contributed by atoms with Crippen LogP contribution < -0.4 is 5.32 Å². The molecule has 0 radical (unpaired) electrons. The lowest BCUT2D eigenvalue weighted by molar-refractivity contribution is 0.0941. The SMILES string of the molecule is Cc1ccccc1-n1cnc(C(=O)NCCC(C)C)n1. The second-order valence-electron chi connectivity index (χ2n) is 5.24. The molecule has 5 nitrogen and oxygen atoms in total. The highest BCUT2D eigenvalue weighted by Gasteiger charge is 2.12. The fraction of sp³-hybridized carbons (Fsp3) is 0.400. The number of rotatable bonds is 5. The predicted molar refractivity (Wildman–Crippen MR) is 77.9 cm³/mol. The first-order chi connectivity index (χ1) is 9.58. The molecule has 2 aromatic rings. The molecule has 0 aliphatic rings. The summed E-state index contributed by atoms with van der Waals surface area (Å²) in [4.78, 5) is 16.0. The first-order valence-electron chi connectivity index (χ1n) is 6.84. The van der Waals surface area contributed by atoms with Gasteiger partial charge in [0.1, 0.15) is 6.33 Å². The molecule has 5 heteroatoms. The minimum absolute atomic E-state index is 0.206. The Morgan fingerprint density at radius 2 is 2.10 bits per heavy atom. The van der Waals surface area contributed by atoms with E-state index < -0.39 is 0 Å². The average molecular weight is 272 g/mol. The van der Waals surface area contributed by atoms with Crippen LogP contribution in [0, 0.1) is 12.8 Å². The van der Waals surface area contributed by atoms with E-state index in [4.69, 9.17) is 0 Å². The lowest BCUT2D eigenvalue weighted by atomic mass is 10.1. The Labute approximate surface area is 119 Å². The molecule has 1 aromatic carbocycles.